The second-order valence-electron chi connectivity index (χ2n) is 6.04. The summed E-state index contributed by atoms with van der Waals surface area (Å²) >= 11 is 5.99. The second-order valence-corrected chi connectivity index (χ2v) is 6.47. The number of hydrogen-bond donors (Lipinski definition) is 0. The molecule has 0 aliphatic heterocycles. The highest BCUT2D eigenvalue weighted by Crippen LogP contribution is 2.49. The Morgan fingerprint density at radius 3 is 2.55 bits per heavy atom. The first-order chi connectivity index (χ1) is 10.7. The lowest BCUT2D eigenvalue weighted by Gasteiger charge is -2.34. The first-order valence-electron chi connectivity index (χ1n) is 7.65. The van der Waals surface area contributed by atoms with Crippen LogP contribution in [0.1, 0.15) is 37.2 Å². The first kappa shape index (κ1) is 14.9. The third-order valence-corrected chi connectivity index (χ3v) is 5.07. The molecular weight excluding hydrogens is 292 g/mol. The molecule has 2 unspecified atom stereocenters. The molecule has 3 rings (SSSR count). The van der Waals surface area contributed by atoms with E-state index in [0.717, 1.165) is 29.9 Å². The Kier molecular flexibility index (Phi) is 4.06. The number of benzene rings is 1. The van der Waals surface area contributed by atoms with Gasteiger partial charge < -0.3 is 0 Å². The lowest BCUT2D eigenvalue weighted by molar-refractivity contribution is 0.416. The summed E-state index contributed by atoms with van der Waals surface area (Å²) in [6.07, 6.45) is 9.88. The lowest BCUT2D eigenvalue weighted by Crippen LogP contribution is -2.27. The van der Waals surface area contributed by atoms with Gasteiger partial charge in [-0.25, -0.2) is 0 Å². The first-order valence-corrected chi connectivity index (χ1v) is 8.03. The van der Waals surface area contributed by atoms with Crippen molar-refractivity contribution in [2.75, 3.05) is 0 Å². The van der Waals surface area contributed by atoms with E-state index in [2.05, 4.69) is 36.4 Å². The zero-order valence-corrected chi connectivity index (χ0v) is 13.1. The minimum absolute atomic E-state index is 0.215. The van der Waals surface area contributed by atoms with Gasteiger partial charge in [0.05, 0.1) is 12.1 Å². The van der Waals surface area contributed by atoms with Crippen molar-refractivity contribution in [1.29, 1.82) is 10.5 Å². The van der Waals surface area contributed by atoms with Crippen molar-refractivity contribution in [2.45, 2.75) is 31.6 Å². The van der Waals surface area contributed by atoms with Gasteiger partial charge >= 0.3 is 0 Å². The molecule has 0 aromatic heterocycles. The van der Waals surface area contributed by atoms with Crippen LogP contribution in [0.15, 0.2) is 48.1 Å². The van der Waals surface area contributed by atoms with Gasteiger partial charge in [0.1, 0.15) is 0 Å². The van der Waals surface area contributed by atoms with Crippen molar-refractivity contribution >= 4 is 11.6 Å². The van der Waals surface area contributed by atoms with Crippen LogP contribution in [0.4, 0.5) is 0 Å². The Morgan fingerprint density at radius 2 is 1.86 bits per heavy atom. The average molecular weight is 309 g/mol. The van der Waals surface area contributed by atoms with Gasteiger partial charge in [-0.1, -0.05) is 42.0 Å². The SMILES string of the molecule is N#CC1(C#N)CC=CC(c2ccc(Cl)cc2)C2CCCC=C21. The van der Waals surface area contributed by atoms with E-state index in [1.165, 1.54) is 5.56 Å². The molecule has 0 N–H and O–H groups in total. The monoisotopic (exact) mass is 308 g/mol. The van der Waals surface area contributed by atoms with Crippen LogP contribution in [-0.2, 0) is 0 Å². The van der Waals surface area contributed by atoms with Crippen molar-refractivity contribution in [1.82, 2.24) is 0 Å². The number of nitrogens with zero attached hydrogens (tertiary/aromatic N) is 2. The smallest absolute Gasteiger partial charge is 0.168 e. The van der Waals surface area contributed by atoms with Crippen molar-refractivity contribution in [3.63, 3.8) is 0 Å². The highest BCUT2D eigenvalue weighted by Gasteiger charge is 2.42. The molecule has 1 aromatic carbocycles. The van der Waals surface area contributed by atoms with Gasteiger partial charge in [0.2, 0.25) is 0 Å². The quantitative estimate of drug-likeness (QED) is 0.674. The van der Waals surface area contributed by atoms with E-state index in [-0.39, 0.29) is 11.8 Å². The van der Waals surface area contributed by atoms with Crippen LogP contribution in [0.3, 0.4) is 0 Å². The largest absolute Gasteiger partial charge is 0.196 e. The van der Waals surface area contributed by atoms with Crippen LogP contribution < -0.4 is 0 Å². The number of halogens is 1. The summed E-state index contributed by atoms with van der Waals surface area (Å²) in [4.78, 5) is 0. The van der Waals surface area contributed by atoms with Gasteiger partial charge in [0.25, 0.3) is 0 Å². The van der Waals surface area contributed by atoms with E-state index in [1.54, 1.807) is 0 Å². The predicted molar refractivity (Wildman–Crippen MR) is 87.0 cm³/mol. The third-order valence-electron chi connectivity index (χ3n) is 4.81. The molecule has 0 saturated heterocycles. The van der Waals surface area contributed by atoms with Gasteiger partial charge in [-0.15, -0.1) is 0 Å². The number of hydrogen-bond acceptors (Lipinski definition) is 2. The van der Waals surface area contributed by atoms with E-state index >= 15 is 0 Å². The zero-order chi connectivity index (χ0) is 15.6. The molecule has 0 saturated carbocycles. The topological polar surface area (TPSA) is 47.6 Å². The molecule has 2 aliphatic rings. The van der Waals surface area contributed by atoms with Crippen LogP contribution in [0, 0.1) is 34.0 Å². The van der Waals surface area contributed by atoms with Gasteiger partial charge in [0.15, 0.2) is 5.41 Å². The molecule has 0 heterocycles. The molecule has 2 atom stereocenters. The lowest BCUT2D eigenvalue weighted by atomic mass is 9.67. The standard InChI is InChI=1S/C19H17ClN2/c20-15-9-7-14(8-10-15)16-5-3-11-19(12-21,13-22)18-6-2-1-4-17(16)18/h3,5-10,16-17H,1-2,4,11H2. The Morgan fingerprint density at radius 1 is 1.14 bits per heavy atom. The molecule has 0 spiro atoms. The van der Waals surface area contributed by atoms with Gasteiger partial charge in [0, 0.05) is 17.4 Å². The van der Waals surface area contributed by atoms with Crippen LogP contribution in [-0.4, -0.2) is 0 Å². The number of nitriles is 2. The number of allylic oxidation sites excluding steroid dienone is 4. The van der Waals surface area contributed by atoms with Gasteiger partial charge in [-0.05, 0) is 48.4 Å². The summed E-state index contributed by atoms with van der Waals surface area (Å²) < 4.78 is 0. The van der Waals surface area contributed by atoms with Crippen molar-refractivity contribution < 1.29 is 0 Å². The van der Waals surface area contributed by atoms with Crippen molar-refractivity contribution in [3.05, 3.63) is 58.7 Å². The van der Waals surface area contributed by atoms with E-state index in [1.807, 2.05) is 18.2 Å². The fourth-order valence-corrected chi connectivity index (χ4v) is 3.81. The minimum atomic E-state index is -0.997. The van der Waals surface area contributed by atoms with Gasteiger partial charge in [-0.2, -0.15) is 10.5 Å². The summed E-state index contributed by atoms with van der Waals surface area (Å²) in [7, 11) is 0. The van der Waals surface area contributed by atoms with Crippen LogP contribution in [0.5, 0.6) is 0 Å². The fraction of sp³-hybridized carbons (Fsp3) is 0.368. The summed E-state index contributed by atoms with van der Waals surface area (Å²) in [5, 5.41) is 20.0. The number of rotatable bonds is 1. The van der Waals surface area contributed by atoms with Crippen molar-refractivity contribution in [3.8, 4) is 12.1 Å². The molecule has 0 bridgehead atoms. The Hall–Kier alpha value is -2.03. The zero-order valence-electron chi connectivity index (χ0n) is 12.3. The Labute approximate surface area is 136 Å². The molecule has 1 aromatic rings. The van der Waals surface area contributed by atoms with Crippen LogP contribution >= 0.6 is 11.6 Å². The normalized spacial score (nSPS) is 26.0. The molecule has 0 radical (unpaired) electrons. The maximum Gasteiger partial charge on any atom is 0.168 e. The third kappa shape index (κ3) is 2.45. The van der Waals surface area contributed by atoms with Crippen LogP contribution in [0.2, 0.25) is 5.02 Å². The molecular formula is C19H17ClN2. The van der Waals surface area contributed by atoms with Crippen molar-refractivity contribution in [2.24, 2.45) is 11.3 Å². The highest BCUT2D eigenvalue weighted by atomic mass is 35.5. The number of fused-ring (bicyclic) bond motifs is 1. The molecule has 110 valence electrons. The summed E-state index contributed by atoms with van der Waals surface area (Å²) in [6.45, 7) is 0. The van der Waals surface area contributed by atoms with E-state index in [0.29, 0.717) is 6.42 Å². The van der Waals surface area contributed by atoms with Crippen LogP contribution in [0.25, 0.3) is 0 Å². The summed E-state index contributed by atoms with van der Waals surface area (Å²) in [5.41, 5.74) is 1.22. The maximum absolute atomic E-state index is 9.63. The Balaban J connectivity index is 2.07. The highest BCUT2D eigenvalue weighted by molar-refractivity contribution is 6.30. The molecule has 0 amide bonds. The molecule has 22 heavy (non-hydrogen) atoms. The molecule has 2 aliphatic carbocycles. The summed E-state index contributed by atoms with van der Waals surface area (Å²) in [5.74, 6) is 0.445. The summed E-state index contributed by atoms with van der Waals surface area (Å²) in [6, 6.07) is 12.5. The van der Waals surface area contributed by atoms with E-state index in [9.17, 15) is 10.5 Å². The predicted octanol–water partition coefficient (Wildman–Crippen LogP) is 5.14. The van der Waals surface area contributed by atoms with E-state index in [4.69, 9.17) is 11.6 Å². The Bertz CT molecular complexity index is 686. The fourth-order valence-electron chi connectivity index (χ4n) is 3.68. The average Bonchev–Trinajstić information content (AvgIpc) is 2.73. The minimum Gasteiger partial charge on any atom is -0.196 e. The molecule has 2 nitrogen and oxygen atoms in total. The maximum atomic E-state index is 9.63. The molecule has 0 fully saturated rings. The second kappa shape index (κ2) is 5.99. The van der Waals surface area contributed by atoms with Gasteiger partial charge in [-0.3, -0.25) is 0 Å². The van der Waals surface area contributed by atoms with E-state index < -0.39 is 5.41 Å². The molecule has 3 heteroatoms.